The van der Waals surface area contributed by atoms with E-state index in [4.69, 9.17) is 18.9 Å². The van der Waals surface area contributed by atoms with E-state index in [1.54, 1.807) is 6.92 Å². The largest absolute Gasteiger partial charge is 0.508 e. The summed E-state index contributed by atoms with van der Waals surface area (Å²) in [6.07, 6.45) is 1.17. The van der Waals surface area contributed by atoms with Crippen LogP contribution in [-0.2, 0) is 23.7 Å². The molecule has 0 N–H and O–H groups in total. The Hall–Kier alpha value is -1.30. The van der Waals surface area contributed by atoms with E-state index in [0.29, 0.717) is 0 Å². The van der Waals surface area contributed by atoms with Gasteiger partial charge in [-0.15, -0.1) is 0 Å². The van der Waals surface area contributed by atoms with Gasteiger partial charge in [0.2, 0.25) is 0 Å². The quantitative estimate of drug-likeness (QED) is 0.686. The van der Waals surface area contributed by atoms with Crippen LogP contribution >= 0.6 is 0 Å². The van der Waals surface area contributed by atoms with Crippen molar-refractivity contribution in [2.75, 3.05) is 26.4 Å². The lowest BCUT2D eigenvalue weighted by Crippen LogP contribution is -2.44. The zero-order valence-electron chi connectivity index (χ0n) is 9.77. The Bertz CT molecular complexity index is 297. The number of hydrogen-bond acceptors (Lipinski definition) is 6. The zero-order valence-corrected chi connectivity index (χ0v) is 9.77. The molecule has 0 radical (unpaired) electrons. The standard InChI is InChI=1S/C11H16O6/c1-11(6-16-10(13)17-7-11)9(12)15-5-8-3-2-4-14-8/h8H,2-7H2,1H3. The van der Waals surface area contributed by atoms with Gasteiger partial charge in [-0.1, -0.05) is 0 Å². The van der Waals surface area contributed by atoms with Gasteiger partial charge in [0.05, 0.1) is 6.10 Å². The number of cyclic esters (lactones) is 2. The van der Waals surface area contributed by atoms with E-state index in [0.717, 1.165) is 19.4 Å². The molecule has 0 bridgehead atoms. The molecule has 2 heterocycles. The van der Waals surface area contributed by atoms with Crippen LogP contribution in [-0.4, -0.2) is 44.7 Å². The first-order chi connectivity index (χ1) is 8.10. The molecule has 1 atom stereocenters. The lowest BCUT2D eigenvalue weighted by Gasteiger charge is -2.30. The first-order valence-electron chi connectivity index (χ1n) is 5.68. The van der Waals surface area contributed by atoms with Gasteiger partial charge in [-0.05, 0) is 19.8 Å². The van der Waals surface area contributed by atoms with Crippen molar-refractivity contribution in [2.24, 2.45) is 5.41 Å². The van der Waals surface area contributed by atoms with Crippen LogP contribution in [0, 0.1) is 5.41 Å². The van der Waals surface area contributed by atoms with E-state index < -0.39 is 17.5 Å². The molecule has 0 spiro atoms. The highest BCUT2D eigenvalue weighted by Gasteiger charge is 2.42. The van der Waals surface area contributed by atoms with Crippen molar-refractivity contribution in [3.63, 3.8) is 0 Å². The molecule has 2 rings (SSSR count). The van der Waals surface area contributed by atoms with Crippen molar-refractivity contribution in [1.29, 1.82) is 0 Å². The molecule has 0 aromatic heterocycles. The van der Waals surface area contributed by atoms with E-state index >= 15 is 0 Å². The Morgan fingerprint density at radius 2 is 2.18 bits per heavy atom. The van der Waals surface area contributed by atoms with Gasteiger partial charge in [0.15, 0.2) is 0 Å². The Morgan fingerprint density at radius 3 is 2.76 bits per heavy atom. The predicted octanol–water partition coefficient (Wildman–Crippen LogP) is 0.882. The van der Waals surface area contributed by atoms with E-state index in [1.807, 2.05) is 0 Å². The van der Waals surface area contributed by atoms with Crippen molar-refractivity contribution in [2.45, 2.75) is 25.9 Å². The zero-order chi connectivity index (χ0) is 12.3. The van der Waals surface area contributed by atoms with Crippen molar-refractivity contribution in [3.8, 4) is 0 Å². The summed E-state index contributed by atoms with van der Waals surface area (Å²) in [5.74, 6) is -0.416. The number of ether oxygens (including phenoxy) is 4. The van der Waals surface area contributed by atoms with Gasteiger partial charge in [-0.2, -0.15) is 0 Å². The summed E-state index contributed by atoms with van der Waals surface area (Å²) in [4.78, 5) is 22.6. The molecule has 2 aliphatic heterocycles. The maximum atomic E-state index is 11.8. The van der Waals surface area contributed by atoms with E-state index in [-0.39, 0.29) is 25.9 Å². The number of hydrogen-bond donors (Lipinski definition) is 0. The average molecular weight is 244 g/mol. The van der Waals surface area contributed by atoms with Crippen molar-refractivity contribution in [1.82, 2.24) is 0 Å². The minimum absolute atomic E-state index is 0.00378. The molecule has 2 aliphatic rings. The third-order valence-corrected chi connectivity index (χ3v) is 2.93. The van der Waals surface area contributed by atoms with E-state index in [2.05, 4.69) is 0 Å². The maximum absolute atomic E-state index is 11.8. The molecule has 96 valence electrons. The molecule has 2 fully saturated rings. The Morgan fingerprint density at radius 1 is 1.47 bits per heavy atom. The highest BCUT2D eigenvalue weighted by molar-refractivity contribution is 5.78. The van der Waals surface area contributed by atoms with Crippen LogP contribution in [0.5, 0.6) is 0 Å². The van der Waals surface area contributed by atoms with Gasteiger partial charge in [0.1, 0.15) is 25.2 Å². The van der Waals surface area contributed by atoms with Crippen LogP contribution in [0.25, 0.3) is 0 Å². The highest BCUT2D eigenvalue weighted by atomic mass is 16.7. The fourth-order valence-corrected chi connectivity index (χ4v) is 1.76. The van der Waals surface area contributed by atoms with E-state index in [9.17, 15) is 9.59 Å². The third-order valence-electron chi connectivity index (χ3n) is 2.93. The molecular weight excluding hydrogens is 228 g/mol. The van der Waals surface area contributed by atoms with Gasteiger partial charge in [-0.25, -0.2) is 4.79 Å². The SMILES string of the molecule is CC1(C(=O)OCC2CCCO2)COC(=O)OC1. The molecule has 0 aromatic carbocycles. The highest BCUT2D eigenvalue weighted by Crippen LogP contribution is 2.24. The number of carbonyl (C=O) groups is 2. The second-order valence-corrected chi connectivity index (χ2v) is 4.62. The summed E-state index contributed by atoms with van der Waals surface area (Å²) in [6, 6.07) is 0. The summed E-state index contributed by atoms with van der Waals surface area (Å²) in [5.41, 5.74) is -0.910. The Balaban J connectivity index is 1.79. The smallest absolute Gasteiger partial charge is 0.462 e. The van der Waals surface area contributed by atoms with Crippen LogP contribution in [0.2, 0.25) is 0 Å². The minimum Gasteiger partial charge on any atom is -0.462 e. The summed E-state index contributed by atoms with van der Waals surface area (Å²) in [7, 11) is 0. The average Bonchev–Trinajstić information content (AvgIpc) is 2.83. The fourth-order valence-electron chi connectivity index (χ4n) is 1.76. The molecule has 2 saturated heterocycles. The molecule has 17 heavy (non-hydrogen) atoms. The third kappa shape index (κ3) is 2.88. The first kappa shape index (κ1) is 12.2. The van der Waals surface area contributed by atoms with Crippen molar-refractivity contribution in [3.05, 3.63) is 0 Å². The number of carbonyl (C=O) groups excluding carboxylic acids is 2. The second-order valence-electron chi connectivity index (χ2n) is 4.62. The number of esters is 1. The normalized spacial score (nSPS) is 27.1. The van der Waals surface area contributed by atoms with Gasteiger partial charge >= 0.3 is 12.1 Å². The molecule has 6 heteroatoms. The molecule has 1 unspecified atom stereocenters. The van der Waals surface area contributed by atoms with Crippen LogP contribution < -0.4 is 0 Å². The van der Waals surface area contributed by atoms with Gasteiger partial charge in [0.25, 0.3) is 0 Å². The predicted molar refractivity (Wildman–Crippen MR) is 55.3 cm³/mol. The van der Waals surface area contributed by atoms with Crippen LogP contribution in [0.1, 0.15) is 19.8 Å². The van der Waals surface area contributed by atoms with Crippen molar-refractivity contribution >= 4 is 12.1 Å². The molecule has 0 aromatic rings. The lowest BCUT2D eigenvalue weighted by atomic mass is 9.93. The van der Waals surface area contributed by atoms with E-state index in [1.165, 1.54) is 0 Å². The summed E-state index contributed by atoms with van der Waals surface area (Å²) >= 11 is 0. The van der Waals surface area contributed by atoms with Crippen molar-refractivity contribution < 1.29 is 28.5 Å². The van der Waals surface area contributed by atoms with Gasteiger partial charge in [0, 0.05) is 6.61 Å². The fraction of sp³-hybridized carbons (Fsp3) is 0.818. The molecule has 0 aliphatic carbocycles. The first-order valence-corrected chi connectivity index (χ1v) is 5.68. The summed E-state index contributed by atoms with van der Waals surface area (Å²) in [6.45, 7) is 2.62. The van der Waals surface area contributed by atoms with Gasteiger partial charge < -0.3 is 18.9 Å². The molecular formula is C11H16O6. The summed E-state index contributed by atoms with van der Waals surface area (Å²) in [5, 5.41) is 0. The monoisotopic (exact) mass is 244 g/mol. The van der Waals surface area contributed by atoms with Gasteiger partial charge in [-0.3, -0.25) is 4.79 Å². The van der Waals surface area contributed by atoms with Crippen LogP contribution in [0.15, 0.2) is 0 Å². The molecule has 6 nitrogen and oxygen atoms in total. The van der Waals surface area contributed by atoms with Crippen LogP contribution in [0.3, 0.4) is 0 Å². The second kappa shape index (κ2) is 4.91. The molecule has 0 saturated carbocycles. The Labute approximate surface area is 99.2 Å². The minimum atomic E-state index is -0.910. The van der Waals surface area contributed by atoms with Crippen LogP contribution in [0.4, 0.5) is 4.79 Å². The number of rotatable bonds is 3. The lowest BCUT2D eigenvalue weighted by molar-refractivity contribution is -0.169. The maximum Gasteiger partial charge on any atom is 0.508 e. The Kier molecular flexibility index (Phi) is 3.51. The molecule has 0 amide bonds. The topological polar surface area (TPSA) is 71.1 Å². The summed E-state index contributed by atoms with van der Waals surface area (Å²) < 4.78 is 19.9.